The first-order chi connectivity index (χ1) is 16.2. The Labute approximate surface area is 194 Å². The summed E-state index contributed by atoms with van der Waals surface area (Å²) in [5, 5.41) is 9.16. The number of piperidine rings is 1. The Kier molecular flexibility index (Phi) is 7.31. The van der Waals surface area contributed by atoms with Gasteiger partial charge in [-0.15, -0.1) is 0 Å². The molecular weight excluding hydrogens is 416 g/mol. The number of benzene rings is 2. The van der Waals surface area contributed by atoms with Crippen LogP contribution in [0.3, 0.4) is 0 Å². The van der Waals surface area contributed by atoms with E-state index in [1.54, 1.807) is 37.4 Å². The second-order valence-corrected chi connectivity index (χ2v) is 8.28. The number of methoxy groups -OCH3 is 1. The number of furan rings is 1. The van der Waals surface area contributed by atoms with Crippen molar-refractivity contribution >= 4 is 5.91 Å². The largest absolute Gasteiger partial charge is 0.497 e. The van der Waals surface area contributed by atoms with Gasteiger partial charge in [-0.25, -0.2) is 0 Å². The van der Waals surface area contributed by atoms with E-state index in [1.807, 2.05) is 23.1 Å². The molecule has 0 radical (unpaired) electrons. The van der Waals surface area contributed by atoms with Crippen molar-refractivity contribution in [2.45, 2.75) is 32.3 Å². The van der Waals surface area contributed by atoms with Gasteiger partial charge < -0.3 is 18.8 Å². The van der Waals surface area contributed by atoms with Crippen LogP contribution in [0.2, 0.25) is 0 Å². The summed E-state index contributed by atoms with van der Waals surface area (Å²) < 4.78 is 16.6. The van der Waals surface area contributed by atoms with Crippen molar-refractivity contribution < 1.29 is 18.7 Å². The molecule has 6 heteroatoms. The average molecular weight is 445 g/mol. The molecular formula is C27H28N2O4. The topological polar surface area (TPSA) is 75.7 Å². The highest BCUT2D eigenvalue weighted by atomic mass is 16.5. The molecule has 2 aromatic carbocycles. The smallest absolute Gasteiger partial charge is 0.289 e. The van der Waals surface area contributed by atoms with Crippen LogP contribution < -0.4 is 9.47 Å². The van der Waals surface area contributed by atoms with E-state index < -0.39 is 0 Å². The number of nitriles is 1. The highest BCUT2D eigenvalue weighted by Gasteiger charge is 2.25. The minimum atomic E-state index is -0.0766. The quantitative estimate of drug-likeness (QED) is 0.476. The molecule has 6 nitrogen and oxygen atoms in total. The zero-order chi connectivity index (χ0) is 23.0. The number of nitrogens with zero attached hydrogens (tertiary/aromatic N) is 2. The van der Waals surface area contributed by atoms with Gasteiger partial charge in [-0.1, -0.05) is 24.3 Å². The molecule has 0 aliphatic carbocycles. The maximum absolute atomic E-state index is 12.9. The lowest BCUT2D eigenvalue weighted by atomic mass is 9.90. The van der Waals surface area contributed by atoms with Gasteiger partial charge in [0.05, 0.1) is 12.7 Å². The normalized spacial score (nSPS) is 14.0. The van der Waals surface area contributed by atoms with Gasteiger partial charge in [0.15, 0.2) is 5.76 Å². The number of rotatable bonds is 8. The molecule has 0 N–H and O–H groups in total. The molecule has 1 aromatic heterocycles. The molecule has 3 aromatic rings. The number of hydrogen-bond acceptors (Lipinski definition) is 5. The maximum atomic E-state index is 12.9. The Hall–Kier alpha value is -3.72. The van der Waals surface area contributed by atoms with Crippen molar-refractivity contribution in [3.05, 3.63) is 83.3 Å². The average Bonchev–Trinajstić information content (AvgIpc) is 3.35. The van der Waals surface area contributed by atoms with Crippen LogP contribution in [-0.4, -0.2) is 31.0 Å². The van der Waals surface area contributed by atoms with Crippen LogP contribution in [-0.2, 0) is 13.0 Å². The standard InChI is InChI=1S/C27H28N2O4/c1-31-23-10-8-20(9-11-23)6-7-21-14-16-29(17-15-21)27(30)26-13-12-24(33-26)19-32-25-5-3-2-4-22(25)18-28/h2-5,8-13,21H,6-7,14-17,19H2,1H3. The Morgan fingerprint density at radius 1 is 1.09 bits per heavy atom. The third-order valence-electron chi connectivity index (χ3n) is 6.15. The van der Waals surface area contributed by atoms with Crippen LogP contribution in [0.15, 0.2) is 65.1 Å². The van der Waals surface area contributed by atoms with Crippen LogP contribution >= 0.6 is 0 Å². The highest BCUT2D eigenvalue weighted by Crippen LogP contribution is 2.25. The SMILES string of the molecule is COc1ccc(CCC2CCN(C(=O)c3ccc(COc4ccccc4C#N)o3)CC2)cc1. The number of carbonyl (C=O) groups excluding carboxylic acids is 1. The van der Waals surface area contributed by atoms with E-state index in [4.69, 9.17) is 19.2 Å². The lowest BCUT2D eigenvalue weighted by Gasteiger charge is -2.31. The van der Waals surface area contributed by atoms with Crippen molar-refractivity contribution in [1.29, 1.82) is 5.26 Å². The second kappa shape index (κ2) is 10.7. The molecule has 0 bridgehead atoms. The summed E-state index contributed by atoms with van der Waals surface area (Å²) in [7, 11) is 1.68. The molecule has 2 heterocycles. The van der Waals surface area contributed by atoms with Gasteiger partial charge in [-0.05, 0) is 73.6 Å². The molecule has 4 rings (SSSR count). The van der Waals surface area contributed by atoms with E-state index in [9.17, 15) is 4.79 Å². The summed E-state index contributed by atoms with van der Waals surface area (Å²) in [5.74, 6) is 2.81. The molecule has 1 saturated heterocycles. The molecule has 1 amide bonds. The molecule has 33 heavy (non-hydrogen) atoms. The zero-order valence-electron chi connectivity index (χ0n) is 18.8. The van der Waals surface area contributed by atoms with Crippen LogP contribution in [0.5, 0.6) is 11.5 Å². The summed E-state index contributed by atoms with van der Waals surface area (Å²) in [4.78, 5) is 14.7. The fourth-order valence-corrected chi connectivity index (χ4v) is 4.15. The minimum absolute atomic E-state index is 0.0766. The third-order valence-corrected chi connectivity index (χ3v) is 6.15. The van der Waals surface area contributed by atoms with Crippen molar-refractivity contribution in [2.75, 3.05) is 20.2 Å². The summed E-state index contributed by atoms with van der Waals surface area (Å²) in [6.45, 7) is 1.65. The fourth-order valence-electron chi connectivity index (χ4n) is 4.15. The highest BCUT2D eigenvalue weighted by molar-refractivity contribution is 5.91. The molecule has 0 atom stereocenters. The maximum Gasteiger partial charge on any atom is 0.289 e. The van der Waals surface area contributed by atoms with Crippen LogP contribution in [0.4, 0.5) is 0 Å². The number of ether oxygens (including phenoxy) is 2. The van der Waals surface area contributed by atoms with Gasteiger partial charge in [-0.2, -0.15) is 5.26 Å². The number of carbonyl (C=O) groups is 1. The summed E-state index contributed by atoms with van der Waals surface area (Å²) in [6.07, 6.45) is 4.17. The number of aryl methyl sites for hydroxylation is 1. The predicted molar refractivity (Wildman–Crippen MR) is 124 cm³/mol. The number of hydrogen-bond donors (Lipinski definition) is 0. The molecule has 1 aliphatic rings. The van der Waals surface area contributed by atoms with E-state index >= 15 is 0 Å². The summed E-state index contributed by atoms with van der Waals surface area (Å²) in [5.41, 5.74) is 1.78. The van der Waals surface area contributed by atoms with Crippen molar-refractivity contribution in [1.82, 2.24) is 4.90 Å². The van der Waals surface area contributed by atoms with Gasteiger partial charge in [0.1, 0.15) is 29.9 Å². The van der Waals surface area contributed by atoms with Gasteiger partial charge in [0, 0.05) is 13.1 Å². The summed E-state index contributed by atoms with van der Waals surface area (Å²) in [6, 6.07) is 20.8. The van der Waals surface area contributed by atoms with E-state index in [0.717, 1.165) is 44.5 Å². The number of amides is 1. The monoisotopic (exact) mass is 444 g/mol. The van der Waals surface area contributed by atoms with Gasteiger partial charge >= 0.3 is 0 Å². The van der Waals surface area contributed by atoms with Crippen molar-refractivity contribution in [3.63, 3.8) is 0 Å². The molecule has 0 spiro atoms. The van der Waals surface area contributed by atoms with E-state index in [1.165, 1.54) is 5.56 Å². The Balaban J connectivity index is 1.24. The van der Waals surface area contributed by atoms with Crippen molar-refractivity contribution in [2.24, 2.45) is 5.92 Å². The predicted octanol–water partition coefficient (Wildman–Crippen LogP) is 5.22. The van der Waals surface area contributed by atoms with Crippen LogP contribution in [0.25, 0.3) is 0 Å². The third kappa shape index (κ3) is 5.75. The van der Waals surface area contributed by atoms with Gasteiger partial charge in [-0.3, -0.25) is 4.79 Å². The zero-order valence-corrected chi connectivity index (χ0v) is 18.8. The van der Waals surface area contributed by atoms with Crippen LogP contribution in [0, 0.1) is 17.2 Å². The first kappa shape index (κ1) is 22.5. The molecule has 0 saturated carbocycles. The van der Waals surface area contributed by atoms with Gasteiger partial charge in [0.25, 0.3) is 5.91 Å². The Morgan fingerprint density at radius 3 is 2.58 bits per heavy atom. The van der Waals surface area contributed by atoms with Crippen LogP contribution in [0.1, 0.15) is 46.7 Å². The van der Waals surface area contributed by atoms with E-state index in [-0.39, 0.29) is 12.5 Å². The number of para-hydroxylation sites is 1. The van der Waals surface area contributed by atoms with E-state index in [2.05, 4.69) is 18.2 Å². The Morgan fingerprint density at radius 2 is 1.85 bits per heavy atom. The molecule has 0 unspecified atom stereocenters. The molecule has 170 valence electrons. The lowest BCUT2D eigenvalue weighted by Crippen LogP contribution is -2.38. The second-order valence-electron chi connectivity index (χ2n) is 8.28. The van der Waals surface area contributed by atoms with Gasteiger partial charge in [0.2, 0.25) is 0 Å². The lowest BCUT2D eigenvalue weighted by molar-refractivity contribution is 0.0651. The van der Waals surface area contributed by atoms with E-state index in [0.29, 0.717) is 28.8 Å². The molecule has 1 fully saturated rings. The van der Waals surface area contributed by atoms with Crippen molar-refractivity contribution in [3.8, 4) is 17.6 Å². The Bertz CT molecular complexity index is 1110. The first-order valence-electron chi connectivity index (χ1n) is 11.3. The first-order valence-corrected chi connectivity index (χ1v) is 11.3. The molecule has 1 aliphatic heterocycles. The number of likely N-dealkylation sites (tertiary alicyclic amines) is 1. The summed E-state index contributed by atoms with van der Waals surface area (Å²) >= 11 is 0. The minimum Gasteiger partial charge on any atom is -0.497 e. The fraction of sp³-hybridized carbons (Fsp3) is 0.333.